The molecular weight excluding hydrogens is 254 g/mol. The summed E-state index contributed by atoms with van der Waals surface area (Å²) < 4.78 is 0. The minimum Gasteiger partial charge on any atom is -0.399 e. The van der Waals surface area contributed by atoms with E-state index in [9.17, 15) is 9.90 Å². The molecular formula is C15H23N3O2. The number of hydrogen-bond donors (Lipinski definition) is 3. The van der Waals surface area contributed by atoms with Crippen molar-refractivity contribution in [3.8, 4) is 0 Å². The number of piperidine rings is 1. The summed E-state index contributed by atoms with van der Waals surface area (Å²) in [5.74, 6) is 0.0327. The number of aliphatic hydroxyl groups excluding tert-OH is 1. The summed E-state index contributed by atoms with van der Waals surface area (Å²) >= 11 is 0. The van der Waals surface area contributed by atoms with Gasteiger partial charge in [-0.05, 0) is 30.5 Å². The number of anilines is 1. The minimum atomic E-state index is -0.493. The first-order valence-corrected chi connectivity index (χ1v) is 7.07. The van der Waals surface area contributed by atoms with Crippen LogP contribution in [0.1, 0.15) is 31.4 Å². The Hall–Kier alpha value is -1.59. The number of nitrogens with zero attached hydrogens (tertiary/aromatic N) is 1. The number of carbonyl (C=O) groups excluding carboxylic acids is 1. The molecule has 20 heavy (non-hydrogen) atoms. The Labute approximate surface area is 119 Å². The third-order valence-electron chi connectivity index (χ3n) is 3.75. The average Bonchev–Trinajstić information content (AvgIpc) is 2.41. The first-order chi connectivity index (χ1) is 9.54. The molecule has 0 spiro atoms. The highest BCUT2D eigenvalue weighted by molar-refractivity contribution is 5.73. The second-order valence-electron chi connectivity index (χ2n) is 5.46. The van der Waals surface area contributed by atoms with Crippen molar-refractivity contribution >= 4 is 11.6 Å². The number of amides is 1. The summed E-state index contributed by atoms with van der Waals surface area (Å²) in [5.41, 5.74) is 7.24. The average molecular weight is 277 g/mol. The Bertz CT molecular complexity index is 439. The number of rotatable bonds is 4. The lowest BCUT2D eigenvalue weighted by molar-refractivity contribution is -0.120. The lowest BCUT2D eigenvalue weighted by Gasteiger charge is -2.33. The van der Waals surface area contributed by atoms with Crippen LogP contribution in [0.3, 0.4) is 0 Å². The molecule has 1 aliphatic rings. The number of nitrogens with two attached hydrogens (primary N) is 1. The van der Waals surface area contributed by atoms with Crippen LogP contribution in [0.5, 0.6) is 0 Å². The molecule has 1 fully saturated rings. The van der Waals surface area contributed by atoms with Crippen molar-refractivity contribution in [3.05, 3.63) is 29.8 Å². The van der Waals surface area contributed by atoms with Gasteiger partial charge in [0.2, 0.25) is 5.91 Å². The largest absolute Gasteiger partial charge is 0.399 e. The van der Waals surface area contributed by atoms with Gasteiger partial charge >= 0.3 is 0 Å². The van der Waals surface area contributed by atoms with Crippen molar-refractivity contribution in [3.63, 3.8) is 0 Å². The Morgan fingerprint density at radius 3 is 2.55 bits per heavy atom. The van der Waals surface area contributed by atoms with Gasteiger partial charge in [-0.15, -0.1) is 0 Å². The van der Waals surface area contributed by atoms with E-state index in [0.717, 1.165) is 31.5 Å². The number of nitrogen functional groups attached to an aromatic ring is 1. The normalized spacial score (nSPS) is 18.7. The zero-order chi connectivity index (χ0) is 14.5. The number of hydrogen-bond acceptors (Lipinski definition) is 4. The number of carbonyl (C=O) groups is 1. The topological polar surface area (TPSA) is 78.6 Å². The third-order valence-corrected chi connectivity index (χ3v) is 3.75. The molecule has 5 nitrogen and oxygen atoms in total. The first kappa shape index (κ1) is 14.8. The summed E-state index contributed by atoms with van der Waals surface area (Å²) in [5, 5.41) is 13.2. The maximum absolute atomic E-state index is 11.0. The summed E-state index contributed by atoms with van der Waals surface area (Å²) in [4.78, 5) is 13.2. The van der Waals surface area contributed by atoms with E-state index in [2.05, 4.69) is 10.2 Å². The summed E-state index contributed by atoms with van der Waals surface area (Å²) in [7, 11) is 0. The molecule has 4 N–H and O–H groups in total. The molecule has 0 radical (unpaired) electrons. The third kappa shape index (κ3) is 4.21. The fourth-order valence-electron chi connectivity index (χ4n) is 2.62. The molecule has 0 bridgehead atoms. The number of nitrogens with one attached hydrogen (secondary N) is 1. The van der Waals surface area contributed by atoms with Gasteiger partial charge in [0.15, 0.2) is 0 Å². The molecule has 1 aromatic rings. The molecule has 1 unspecified atom stereocenters. The van der Waals surface area contributed by atoms with Crippen LogP contribution < -0.4 is 11.1 Å². The van der Waals surface area contributed by atoms with E-state index in [1.807, 2.05) is 24.3 Å². The van der Waals surface area contributed by atoms with E-state index >= 15 is 0 Å². The van der Waals surface area contributed by atoms with Gasteiger partial charge in [-0.25, -0.2) is 0 Å². The van der Waals surface area contributed by atoms with Gasteiger partial charge in [-0.3, -0.25) is 4.79 Å². The molecule has 0 aromatic heterocycles. The maximum Gasteiger partial charge on any atom is 0.217 e. The van der Waals surface area contributed by atoms with Gasteiger partial charge in [0.25, 0.3) is 0 Å². The van der Waals surface area contributed by atoms with Crippen molar-refractivity contribution in [1.29, 1.82) is 0 Å². The molecule has 1 atom stereocenters. The number of aliphatic hydroxyl groups is 1. The molecule has 1 aliphatic heterocycles. The molecule has 1 saturated heterocycles. The first-order valence-electron chi connectivity index (χ1n) is 7.07. The van der Waals surface area contributed by atoms with Crippen LogP contribution in [0.4, 0.5) is 5.69 Å². The van der Waals surface area contributed by atoms with Gasteiger partial charge in [-0.2, -0.15) is 0 Å². The highest BCUT2D eigenvalue weighted by Crippen LogP contribution is 2.18. The van der Waals surface area contributed by atoms with Crippen molar-refractivity contribution in [2.45, 2.75) is 31.9 Å². The minimum absolute atomic E-state index is 0.0327. The van der Waals surface area contributed by atoms with Crippen LogP contribution in [0.15, 0.2) is 24.3 Å². The molecule has 0 aliphatic carbocycles. The maximum atomic E-state index is 11.0. The summed E-state index contributed by atoms with van der Waals surface area (Å²) in [6.07, 6.45) is 1.38. The van der Waals surface area contributed by atoms with Crippen LogP contribution in [-0.2, 0) is 4.79 Å². The number of β-amino-alcohol motifs (C(OH)–C–C–N with tert-alkyl or cyclic N) is 1. The second-order valence-corrected chi connectivity index (χ2v) is 5.46. The Balaban J connectivity index is 1.80. The molecule has 1 aromatic carbocycles. The van der Waals surface area contributed by atoms with Crippen molar-refractivity contribution in [1.82, 2.24) is 10.2 Å². The van der Waals surface area contributed by atoms with E-state index in [4.69, 9.17) is 5.73 Å². The molecule has 0 saturated carbocycles. The molecule has 5 heteroatoms. The van der Waals surface area contributed by atoms with Crippen molar-refractivity contribution < 1.29 is 9.90 Å². The Kier molecular flexibility index (Phi) is 4.98. The SMILES string of the molecule is CC(=O)NC1CCN(CC(O)c2ccc(N)cc2)CC1. The standard InChI is InChI=1S/C15H23N3O2/c1-11(19)17-14-6-8-18(9-7-14)10-15(20)12-2-4-13(16)5-3-12/h2-5,14-15,20H,6-10,16H2,1H3,(H,17,19). The molecule has 1 amide bonds. The Morgan fingerprint density at radius 2 is 2.00 bits per heavy atom. The zero-order valence-corrected chi connectivity index (χ0v) is 11.9. The molecule has 2 rings (SSSR count). The van der Waals surface area contributed by atoms with Gasteiger partial charge in [0, 0.05) is 38.3 Å². The van der Waals surface area contributed by atoms with Gasteiger partial charge in [0.1, 0.15) is 0 Å². The number of likely N-dealkylation sites (tertiary alicyclic amines) is 1. The van der Waals surface area contributed by atoms with E-state index in [0.29, 0.717) is 12.2 Å². The lowest BCUT2D eigenvalue weighted by atomic mass is 10.0. The quantitative estimate of drug-likeness (QED) is 0.715. The fraction of sp³-hybridized carbons (Fsp3) is 0.533. The van der Waals surface area contributed by atoms with Crippen molar-refractivity contribution in [2.75, 3.05) is 25.4 Å². The van der Waals surface area contributed by atoms with E-state index in [1.165, 1.54) is 0 Å². The lowest BCUT2D eigenvalue weighted by Crippen LogP contribution is -2.45. The van der Waals surface area contributed by atoms with E-state index in [1.54, 1.807) is 6.92 Å². The predicted molar refractivity (Wildman–Crippen MR) is 79.1 cm³/mol. The van der Waals surface area contributed by atoms with E-state index in [-0.39, 0.29) is 11.9 Å². The summed E-state index contributed by atoms with van der Waals surface area (Å²) in [6.45, 7) is 3.97. The highest BCUT2D eigenvalue weighted by atomic mass is 16.3. The molecule has 110 valence electrons. The van der Waals surface area contributed by atoms with Gasteiger partial charge < -0.3 is 21.1 Å². The van der Waals surface area contributed by atoms with Crippen molar-refractivity contribution in [2.24, 2.45) is 0 Å². The smallest absolute Gasteiger partial charge is 0.217 e. The zero-order valence-electron chi connectivity index (χ0n) is 11.9. The van der Waals surface area contributed by atoms with Gasteiger partial charge in [-0.1, -0.05) is 12.1 Å². The fourth-order valence-corrected chi connectivity index (χ4v) is 2.62. The number of benzene rings is 1. The van der Waals surface area contributed by atoms with Gasteiger partial charge in [0.05, 0.1) is 6.10 Å². The monoisotopic (exact) mass is 277 g/mol. The predicted octanol–water partition coefficient (Wildman–Crippen LogP) is 0.903. The van der Waals surface area contributed by atoms with Crippen LogP contribution in [0, 0.1) is 0 Å². The van der Waals surface area contributed by atoms with Crippen LogP contribution in [-0.4, -0.2) is 41.6 Å². The molecule has 1 heterocycles. The van der Waals surface area contributed by atoms with Crippen LogP contribution >= 0.6 is 0 Å². The van der Waals surface area contributed by atoms with Crippen LogP contribution in [0.2, 0.25) is 0 Å². The second kappa shape index (κ2) is 6.72. The van der Waals surface area contributed by atoms with Crippen LogP contribution in [0.25, 0.3) is 0 Å². The van der Waals surface area contributed by atoms with E-state index < -0.39 is 6.10 Å². The summed E-state index contributed by atoms with van der Waals surface area (Å²) in [6, 6.07) is 7.62. The highest BCUT2D eigenvalue weighted by Gasteiger charge is 2.21. The Morgan fingerprint density at radius 1 is 1.40 bits per heavy atom.